The smallest absolute Gasteiger partial charge is 0.247 e. The Bertz CT molecular complexity index is 755. The van der Waals surface area contributed by atoms with Gasteiger partial charge in [0.2, 0.25) is 15.3 Å². The highest BCUT2D eigenvalue weighted by Crippen LogP contribution is 2.15. The summed E-state index contributed by atoms with van der Waals surface area (Å²) in [5.41, 5.74) is 8.96. The number of hydrogen-bond acceptors (Lipinski definition) is 8. The Kier molecular flexibility index (Phi) is 13.5. The molecular weight excluding hydrogens is 418 g/mol. The van der Waals surface area contributed by atoms with Crippen LogP contribution in [-0.2, 0) is 10.0 Å². The highest BCUT2D eigenvalue weighted by Gasteiger charge is 2.31. The molecule has 0 aromatic rings. The van der Waals surface area contributed by atoms with E-state index in [1.165, 1.54) is 16.4 Å². The highest BCUT2D eigenvalue weighted by atomic mass is 32.2. The minimum absolute atomic E-state index is 0.0689. The van der Waals surface area contributed by atoms with Gasteiger partial charge in [-0.1, -0.05) is 26.7 Å². The molecule has 0 saturated heterocycles. The van der Waals surface area contributed by atoms with Gasteiger partial charge in [-0.2, -0.15) is 25.1 Å². The van der Waals surface area contributed by atoms with Crippen LogP contribution < -0.4 is 11.5 Å². The van der Waals surface area contributed by atoms with Gasteiger partial charge in [0.05, 0.1) is 12.1 Å². The lowest BCUT2D eigenvalue weighted by molar-refractivity contribution is 0.395. The van der Waals surface area contributed by atoms with Crippen LogP contribution >= 0.6 is 0 Å². The third-order valence-electron chi connectivity index (χ3n) is 4.28. The van der Waals surface area contributed by atoms with Crippen LogP contribution in [0.25, 0.3) is 0 Å². The van der Waals surface area contributed by atoms with Crippen molar-refractivity contribution in [1.82, 2.24) is 4.31 Å². The average molecular weight is 456 g/mol. The van der Waals surface area contributed by atoms with Crippen molar-refractivity contribution in [2.24, 2.45) is 21.7 Å². The minimum Gasteiger partial charge on any atom is -0.386 e. The number of nitrogens with zero attached hydrogens (tertiary/aromatic N) is 5. The molecule has 11 nitrogen and oxygen atoms in total. The van der Waals surface area contributed by atoms with Crippen molar-refractivity contribution >= 4 is 21.7 Å². The summed E-state index contributed by atoms with van der Waals surface area (Å²) < 4.78 is 25.2. The van der Waals surface area contributed by atoms with Gasteiger partial charge < -0.3 is 11.5 Å². The number of nitrogens with two attached hydrogens (primary N) is 2. The summed E-state index contributed by atoms with van der Waals surface area (Å²) in [4.78, 5) is 0. The molecule has 0 aromatic carbocycles. The molecule has 0 saturated carbocycles. The van der Waals surface area contributed by atoms with Crippen LogP contribution in [0.3, 0.4) is 0 Å². The van der Waals surface area contributed by atoms with Crippen LogP contribution in [0.2, 0.25) is 0 Å². The largest absolute Gasteiger partial charge is 0.386 e. The standard InChI is InChI=1S/C11H19N3O2S.C8H18N6/c1-3-5-7-14(8-6-4-2)17(15,16)11(9-12)10-13;1-7(2,5(9)10)13-14-8(3,4)6(11)12/h11H,3-8H2,1-2H3;1-4H3,(H3,9,10)(H3,11,12)/b;14-13+. The lowest BCUT2D eigenvalue weighted by Gasteiger charge is -2.21. The maximum absolute atomic E-state index is 12.0. The number of nitriles is 2. The Hall–Kier alpha value is -2.57. The van der Waals surface area contributed by atoms with Gasteiger partial charge in [0.25, 0.3) is 0 Å². The van der Waals surface area contributed by atoms with Gasteiger partial charge in [-0.15, -0.1) is 0 Å². The quantitative estimate of drug-likeness (QED) is 0.197. The first-order valence-corrected chi connectivity index (χ1v) is 11.6. The summed E-state index contributed by atoms with van der Waals surface area (Å²) in [5, 5.41) is 38.1. The molecule has 0 atom stereocenters. The van der Waals surface area contributed by atoms with Gasteiger partial charge in [0, 0.05) is 13.1 Å². The molecule has 0 bridgehead atoms. The van der Waals surface area contributed by atoms with E-state index < -0.39 is 26.4 Å². The Balaban J connectivity index is 0. The third kappa shape index (κ3) is 10.9. The molecule has 31 heavy (non-hydrogen) atoms. The molecule has 0 aliphatic carbocycles. The molecule has 6 N–H and O–H groups in total. The molecule has 0 aliphatic heterocycles. The number of azo groups is 1. The number of nitrogens with one attached hydrogen (secondary N) is 2. The number of amidine groups is 2. The maximum atomic E-state index is 12.0. The highest BCUT2D eigenvalue weighted by molar-refractivity contribution is 7.90. The van der Waals surface area contributed by atoms with Crippen molar-refractivity contribution in [2.45, 2.75) is 83.6 Å². The zero-order valence-electron chi connectivity index (χ0n) is 19.4. The van der Waals surface area contributed by atoms with E-state index in [9.17, 15) is 8.42 Å². The summed E-state index contributed by atoms with van der Waals surface area (Å²) in [6.07, 6.45) is 3.24. The number of unbranched alkanes of at least 4 members (excludes halogenated alkanes) is 2. The second-order valence-electron chi connectivity index (χ2n) is 7.93. The van der Waals surface area contributed by atoms with Crippen LogP contribution in [-0.4, -0.2) is 53.8 Å². The van der Waals surface area contributed by atoms with Gasteiger partial charge in [-0.3, -0.25) is 10.8 Å². The first-order valence-electron chi connectivity index (χ1n) is 10.0. The molecule has 0 amide bonds. The van der Waals surface area contributed by atoms with Crippen molar-refractivity contribution in [3.8, 4) is 12.1 Å². The molecule has 0 spiro atoms. The fourth-order valence-corrected chi connectivity index (χ4v) is 3.04. The van der Waals surface area contributed by atoms with Crippen LogP contribution in [0.5, 0.6) is 0 Å². The Labute approximate surface area is 186 Å². The van der Waals surface area contributed by atoms with Gasteiger partial charge in [0.1, 0.15) is 22.7 Å². The van der Waals surface area contributed by atoms with Crippen molar-refractivity contribution in [2.75, 3.05) is 13.1 Å². The van der Waals surface area contributed by atoms with E-state index >= 15 is 0 Å². The van der Waals surface area contributed by atoms with Gasteiger partial charge in [-0.25, -0.2) is 8.42 Å². The van der Waals surface area contributed by atoms with Crippen molar-refractivity contribution < 1.29 is 8.42 Å². The van der Waals surface area contributed by atoms with Crippen molar-refractivity contribution in [1.29, 1.82) is 21.3 Å². The van der Waals surface area contributed by atoms with E-state index in [4.69, 9.17) is 32.8 Å². The molecule has 0 rings (SSSR count). The van der Waals surface area contributed by atoms with Gasteiger partial charge in [-0.05, 0) is 40.5 Å². The predicted molar refractivity (Wildman–Crippen MR) is 122 cm³/mol. The molecule has 0 aliphatic rings. The molecule has 176 valence electrons. The fraction of sp³-hybridized carbons (Fsp3) is 0.789. The molecule has 0 aromatic heterocycles. The number of sulfonamides is 1. The summed E-state index contributed by atoms with van der Waals surface area (Å²) in [6.45, 7) is 11.4. The molecule has 0 fully saturated rings. The van der Waals surface area contributed by atoms with E-state index in [-0.39, 0.29) is 11.7 Å². The normalized spacial score (nSPS) is 12.2. The number of hydrogen-bond donors (Lipinski definition) is 4. The molecule has 0 radical (unpaired) electrons. The van der Waals surface area contributed by atoms with E-state index in [0.29, 0.717) is 13.1 Å². The summed E-state index contributed by atoms with van der Waals surface area (Å²) >= 11 is 0. The minimum atomic E-state index is -3.80. The van der Waals surface area contributed by atoms with Gasteiger partial charge in [0.15, 0.2) is 0 Å². The molecule has 0 heterocycles. The first-order chi connectivity index (χ1) is 14.1. The van der Waals surface area contributed by atoms with Crippen LogP contribution in [0.15, 0.2) is 10.2 Å². The zero-order valence-corrected chi connectivity index (χ0v) is 20.3. The van der Waals surface area contributed by atoms with Crippen molar-refractivity contribution in [3.05, 3.63) is 0 Å². The second kappa shape index (κ2) is 13.7. The SMILES string of the molecule is CC(C)(/N=N/C(C)(C)C(=N)N)C(=N)N.CCCCN(CCCC)S(=O)(=O)C(C#N)C#N. The maximum Gasteiger partial charge on any atom is 0.247 e. The number of rotatable bonds is 12. The molecular formula is C19H37N9O2S. The van der Waals surface area contributed by atoms with Gasteiger partial charge >= 0.3 is 0 Å². The van der Waals surface area contributed by atoms with Crippen molar-refractivity contribution in [3.63, 3.8) is 0 Å². The van der Waals surface area contributed by atoms with Crippen LogP contribution in [0.1, 0.15) is 67.2 Å². The summed E-state index contributed by atoms with van der Waals surface area (Å²) in [7, 11) is -3.80. The Morgan fingerprint density at radius 1 is 0.935 bits per heavy atom. The van der Waals surface area contributed by atoms with E-state index in [2.05, 4.69) is 10.2 Å². The lowest BCUT2D eigenvalue weighted by atomic mass is 10.1. The average Bonchev–Trinajstić information content (AvgIpc) is 2.67. The van der Waals surface area contributed by atoms with E-state index in [1.54, 1.807) is 27.7 Å². The summed E-state index contributed by atoms with van der Waals surface area (Å²) in [5.74, 6) is -0.138. The third-order valence-corrected chi connectivity index (χ3v) is 6.17. The Morgan fingerprint density at radius 3 is 1.48 bits per heavy atom. The van der Waals surface area contributed by atoms with E-state index in [0.717, 1.165) is 25.7 Å². The fourth-order valence-electron chi connectivity index (χ4n) is 1.70. The molecule has 0 unspecified atom stereocenters. The first kappa shape index (κ1) is 30.6. The second-order valence-corrected chi connectivity index (χ2v) is 9.95. The van der Waals surface area contributed by atoms with E-state index in [1.807, 2.05) is 13.8 Å². The Morgan fingerprint density at radius 2 is 1.26 bits per heavy atom. The monoisotopic (exact) mass is 455 g/mol. The van der Waals surface area contributed by atoms with Crippen LogP contribution in [0, 0.1) is 33.5 Å². The molecule has 12 heteroatoms. The summed E-state index contributed by atoms with van der Waals surface area (Å²) in [6, 6.07) is 3.07. The predicted octanol–water partition coefficient (Wildman–Crippen LogP) is 2.50. The lowest BCUT2D eigenvalue weighted by Crippen LogP contribution is -2.39. The topological polar surface area (TPSA) is 209 Å². The van der Waals surface area contributed by atoms with Crippen LogP contribution in [0.4, 0.5) is 0 Å². The zero-order chi connectivity index (χ0) is 24.9.